The molecule has 4 rings (SSSR count). The number of aryl methyl sites for hydroxylation is 1. The van der Waals surface area contributed by atoms with Crippen molar-refractivity contribution < 1.29 is 24.3 Å². The zero-order valence-corrected chi connectivity index (χ0v) is 22.4. The van der Waals surface area contributed by atoms with Gasteiger partial charge in [-0.25, -0.2) is 4.98 Å². The van der Waals surface area contributed by atoms with Crippen LogP contribution in [-0.4, -0.2) is 76.4 Å². The van der Waals surface area contributed by atoms with Gasteiger partial charge in [-0.05, 0) is 43.9 Å². The summed E-state index contributed by atoms with van der Waals surface area (Å²) in [5, 5.41) is 13.9. The summed E-state index contributed by atoms with van der Waals surface area (Å²) in [7, 11) is 0. The largest absolute Gasteiger partial charge is 0.550 e. The van der Waals surface area contributed by atoms with Crippen LogP contribution in [0.1, 0.15) is 36.8 Å². The maximum atomic E-state index is 13.5. The molecule has 2 saturated heterocycles. The fraction of sp³-hybridized carbons (Fsp3) is 0.480. The van der Waals surface area contributed by atoms with Gasteiger partial charge in [0.2, 0.25) is 0 Å². The topological polar surface area (TPSA) is 121 Å². The highest BCUT2D eigenvalue weighted by Crippen LogP contribution is 2.33. The molecular formula is C25H31N5O5S2. The zero-order valence-electron chi connectivity index (χ0n) is 20.8. The van der Waals surface area contributed by atoms with E-state index in [1.807, 2.05) is 13.0 Å². The Hall–Kier alpha value is -2.80. The van der Waals surface area contributed by atoms with Crippen LogP contribution in [0.15, 0.2) is 28.0 Å². The number of thiocarbonyl (C=S) groups is 1. The third-order valence-corrected chi connectivity index (χ3v) is 7.84. The predicted octanol–water partition coefficient (Wildman–Crippen LogP) is -0.159. The number of hydrogen-bond donors (Lipinski definition) is 2. The van der Waals surface area contributed by atoms with E-state index >= 15 is 0 Å². The van der Waals surface area contributed by atoms with Gasteiger partial charge in [-0.1, -0.05) is 36.5 Å². The molecule has 2 aromatic rings. The highest BCUT2D eigenvalue weighted by molar-refractivity contribution is 8.26. The fourth-order valence-electron chi connectivity index (χ4n) is 4.38. The quantitative estimate of drug-likeness (QED) is 0.225. The van der Waals surface area contributed by atoms with Gasteiger partial charge in [0.25, 0.3) is 11.5 Å². The highest BCUT2D eigenvalue weighted by atomic mass is 32.2. The molecular weight excluding hydrogens is 514 g/mol. The average molecular weight is 546 g/mol. The van der Waals surface area contributed by atoms with Crippen LogP contribution in [0.2, 0.25) is 0 Å². The van der Waals surface area contributed by atoms with Gasteiger partial charge >= 0.3 is 0 Å². The minimum absolute atomic E-state index is 0.000511. The molecule has 0 saturated carbocycles. The number of carboxylic acids is 1. The number of ether oxygens (including phenoxy) is 1. The molecule has 0 unspecified atom stereocenters. The minimum Gasteiger partial charge on any atom is -0.550 e. The highest BCUT2D eigenvalue weighted by Gasteiger charge is 2.32. The van der Waals surface area contributed by atoms with E-state index in [1.54, 1.807) is 18.3 Å². The van der Waals surface area contributed by atoms with Crippen molar-refractivity contribution in [2.75, 3.05) is 51.3 Å². The van der Waals surface area contributed by atoms with E-state index in [9.17, 15) is 19.5 Å². The number of rotatable bonds is 11. The molecule has 2 aliphatic rings. The van der Waals surface area contributed by atoms with Crippen molar-refractivity contribution in [1.82, 2.24) is 14.3 Å². The number of aliphatic carboxylic acids is 1. The Labute approximate surface area is 224 Å². The lowest BCUT2D eigenvalue weighted by molar-refractivity contribution is -0.906. The number of aromatic nitrogens is 2. The van der Waals surface area contributed by atoms with Crippen molar-refractivity contribution in [1.29, 1.82) is 0 Å². The molecule has 37 heavy (non-hydrogen) atoms. The summed E-state index contributed by atoms with van der Waals surface area (Å²) in [6, 6.07) is 3.70. The second-order valence-electron chi connectivity index (χ2n) is 9.12. The number of carboxylic acid groups (broad SMARTS) is 1. The molecule has 0 bridgehead atoms. The molecule has 1 amide bonds. The molecule has 2 N–H and O–H groups in total. The molecule has 4 heterocycles. The first-order chi connectivity index (χ1) is 17.8. The molecule has 10 nitrogen and oxygen atoms in total. The van der Waals surface area contributed by atoms with Crippen LogP contribution in [0.4, 0.5) is 5.82 Å². The lowest BCUT2D eigenvalue weighted by atomic mass is 10.2. The molecule has 12 heteroatoms. The molecule has 2 aliphatic heterocycles. The third-order valence-electron chi connectivity index (χ3n) is 6.47. The van der Waals surface area contributed by atoms with Gasteiger partial charge in [0.05, 0.1) is 36.8 Å². The zero-order chi connectivity index (χ0) is 26.4. The molecule has 2 aromatic heterocycles. The minimum atomic E-state index is -1.07. The van der Waals surface area contributed by atoms with Crippen LogP contribution in [0.25, 0.3) is 11.7 Å². The van der Waals surface area contributed by atoms with Gasteiger partial charge in [0.15, 0.2) is 0 Å². The van der Waals surface area contributed by atoms with Gasteiger partial charge in [0, 0.05) is 18.7 Å². The summed E-state index contributed by atoms with van der Waals surface area (Å²) in [5.74, 6) is -0.887. The van der Waals surface area contributed by atoms with Gasteiger partial charge < -0.3 is 24.9 Å². The molecule has 0 aromatic carbocycles. The van der Waals surface area contributed by atoms with Crippen LogP contribution < -0.4 is 20.9 Å². The molecule has 0 radical (unpaired) electrons. The first-order valence-corrected chi connectivity index (χ1v) is 13.7. The summed E-state index contributed by atoms with van der Waals surface area (Å²) >= 11 is 6.59. The average Bonchev–Trinajstić information content (AvgIpc) is 3.14. The monoisotopic (exact) mass is 545 g/mol. The van der Waals surface area contributed by atoms with Crippen molar-refractivity contribution in [2.45, 2.75) is 32.6 Å². The Balaban J connectivity index is 1.55. The third kappa shape index (κ3) is 6.75. The van der Waals surface area contributed by atoms with E-state index in [4.69, 9.17) is 21.9 Å². The van der Waals surface area contributed by atoms with E-state index < -0.39 is 5.97 Å². The number of hydrogen-bond acceptors (Lipinski definition) is 9. The van der Waals surface area contributed by atoms with E-state index in [2.05, 4.69) is 5.32 Å². The van der Waals surface area contributed by atoms with Crippen LogP contribution in [0.3, 0.4) is 0 Å². The van der Waals surface area contributed by atoms with Crippen LogP contribution in [0.5, 0.6) is 0 Å². The molecule has 198 valence electrons. The number of fused-ring (bicyclic) bond motifs is 1. The molecule has 0 aliphatic carbocycles. The lowest BCUT2D eigenvalue weighted by Crippen LogP contribution is -3.14. The number of carbonyl (C=O) groups excluding carboxylic acids is 2. The van der Waals surface area contributed by atoms with Gasteiger partial charge in [-0.15, -0.1) is 0 Å². The lowest BCUT2D eigenvalue weighted by Gasteiger charge is -2.24. The number of nitrogens with one attached hydrogen (secondary N) is 2. The predicted molar refractivity (Wildman–Crippen MR) is 144 cm³/mol. The maximum absolute atomic E-state index is 13.5. The van der Waals surface area contributed by atoms with Crippen molar-refractivity contribution >= 4 is 57.7 Å². The fourth-order valence-corrected chi connectivity index (χ4v) is 5.67. The van der Waals surface area contributed by atoms with E-state index in [0.29, 0.717) is 58.6 Å². The van der Waals surface area contributed by atoms with Crippen molar-refractivity contribution in [3.05, 3.63) is 44.7 Å². The van der Waals surface area contributed by atoms with E-state index in [0.717, 1.165) is 50.2 Å². The molecule has 2 fully saturated rings. The van der Waals surface area contributed by atoms with Gasteiger partial charge in [0.1, 0.15) is 28.9 Å². The maximum Gasteiger partial charge on any atom is 0.267 e. The summed E-state index contributed by atoms with van der Waals surface area (Å²) in [5.41, 5.74) is 1.49. The SMILES string of the molecule is Cc1cccn2c(=O)c(/C=C3\SC(=S)N(CCCCCC(=O)[O-])C3=O)c(NCC[NH+]3CCOCC3)nc12. The first kappa shape index (κ1) is 27.2. The van der Waals surface area contributed by atoms with Crippen molar-refractivity contribution in [3.63, 3.8) is 0 Å². The number of morpholine rings is 1. The van der Waals surface area contributed by atoms with Crippen LogP contribution in [0, 0.1) is 6.92 Å². The number of nitrogens with zero attached hydrogens (tertiary/aromatic N) is 3. The summed E-state index contributed by atoms with van der Waals surface area (Å²) in [6.45, 7) is 7.16. The Morgan fingerprint density at radius 1 is 1.30 bits per heavy atom. The first-order valence-electron chi connectivity index (χ1n) is 12.5. The smallest absolute Gasteiger partial charge is 0.267 e. The Morgan fingerprint density at radius 3 is 2.84 bits per heavy atom. The summed E-state index contributed by atoms with van der Waals surface area (Å²) in [4.78, 5) is 45.3. The van der Waals surface area contributed by atoms with Crippen LogP contribution >= 0.6 is 24.0 Å². The van der Waals surface area contributed by atoms with Gasteiger partial charge in [-0.2, -0.15) is 0 Å². The standard InChI is InChI=1S/C25H31N5O5S2/c1-17-6-5-10-29-22(17)27-21(26-8-11-28-12-14-35-15-13-28)18(23(29)33)16-19-24(34)30(25(36)37-19)9-4-2-3-7-20(31)32/h5-6,10,16,26H,2-4,7-9,11-15H2,1H3,(H,31,32)/b19-16-. The van der Waals surface area contributed by atoms with Crippen molar-refractivity contribution in [3.8, 4) is 0 Å². The second kappa shape index (κ2) is 12.6. The number of thioether (sulfide) groups is 1. The van der Waals surface area contributed by atoms with Gasteiger partial charge in [-0.3, -0.25) is 18.9 Å². The molecule has 0 spiro atoms. The Morgan fingerprint density at radius 2 is 2.08 bits per heavy atom. The Kier molecular flexibility index (Phi) is 9.30. The van der Waals surface area contributed by atoms with E-state index in [1.165, 1.54) is 14.2 Å². The Bertz CT molecular complexity index is 1270. The number of amides is 1. The van der Waals surface area contributed by atoms with E-state index in [-0.39, 0.29) is 17.9 Å². The second-order valence-corrected chi connectivity index (χ2v) is 10.8. The summed E-state index contributed by atoms with van der Waals surface area (Å²) in [6.07, 6.45) is 5.03. The number of carbonyl (C=O) groups is 2. The number of anilines is 1. The van der Waals surface area contributed by atoms with Crippen molar-refractivity contribution in [2.24, 2.45) is 0 Å². The normalized spacial score (nSPS) is 17.8. The molecule has 0 atom stereocenters. The van der Waals surface area contributed by atoms with Crippen LogP contribution in [-0.2, 0) is 14.3 Å². The number of unbranched alkanes of at least 4 members (excludes halogenated alkanes) is 2. The summed E-state index contributed by atoms with van der Waals surface area (Å²) < 4.78 is 7.35. The number of quaternary nitrogens is 1. The number of pyridine rings is 1.